The number of aromatic nitrogens is 2. The number of fused-ring (bicyclic) bond motifs is 1. The van der Waals surface area contributed by atoms with Crippen molar-refractivity contribution in [3.63, 3.8) is 0 Å². The number of hydrazone groups is 1. The molecule has 1 heterocycles. The Balaban J connectivity index is 1.82. The fourth-order valence-corrected chi connectivity index (χ4v) is 2.05. The maximum atomic E-state index is 10.8. The summed E-state index contributed by atoms with van der Waals surface area (Å²) in [5.74, 6) is 0.519. The van der Waals surface area contributed by atoms with Crippen LogP contribution in [0.3, 0.4) is 0 Å². The van der Waals surface area contributed by atoms with Gasteiger partial charge >= 0.3 is 0 Å². The standard InChI is InChI=1S/C15H13N5O2/c1-10(11-5-4-6-12(9-11)20(21)22)18-19-15-16-13-7-2-3-8-14(13)17-15/h2-9H,1H3,(H2,16,17,19)/b18-10+. The van der Waals surface area contributed by atoms with Crippen LogP contribution in [0.25, 0.3) is 11.0 Å². The minimum Gasteiger partial charge on any atom is -0.323 e. The van der Waals surface area contributed by atoms with Gasteiger partial charge in [0.05, 0.1) is 21.7 Å². The van der Waals surface area contributed by atoms with Crippen LogP contribution in [0.15, 0.2) is 53.6 Å². The number of para-hydroxylation sites is 2. The molecule has 0 aliphatic carbocycles. The van der Waals surface area contributed by atoms with Gasteiger partial charge in [-0.3, -0.25) is 10.1 Å². The van der Waals surface area contributed by atoms with E-state index in [1.807, 2.05) is 24.3 Å². The van der Waals surface area contributed by atoms with E-state index in [0.717, 1.165) is 11.0 Å². The summed E-state index contributed by atoms with van der Waals surface area (Å²) in [5, 5.41) is 15.0. The molecule has 0 aliphatic rings. The van der Waals surface area contributed by atoms with Crippen LogP contribution >= 0.6 is 0 Å². The summed E-state index contributed by atoms with van der Waals surface area (Å²) in [4.78, 5) is 17.8. The van der Waals surface area contributed by atoms with Gasteiger partial charge in [-0.1, -0.05) is 24.3 Å². The number of H-pyrrole nitrogens is 1. The van der Waals surface area contributed by atoms with Crippen molar-refractivity contribution in [2.75, 3.05) is 5.43 Å². The minimum atomic E-state index is -0.427. The molecule has 0 saturated carbocycles. The molecule has 110 valence electrons. The summed E-state index contributed by atoms with van der Waals surface area (Å²) >= 11 is 0. The van der Waals surface area contributed by atoms with Crippen molar-refractivity contribution in [3.8, 4) is 0 Å². The lowest BCUT2D eigenvalue weighted by atomic mass is 10.1. The number of nitrogens with zero attached hydrogens (tertiary/aromatic N) is 3. The molecule has 3 rings (SSSR count). The zero-order valence-electron chi connectivity index (χ0n) is 11.8. The summed E-state index contributed by atoms with van der Waals surface area (Å²) in [6.45, 7) is 1.77. The normalized spacial score (nSPS) is 11.6. The molecule has 22 heavy (non-hydrogen) atoms. The Morgan fingerprint density at radius 2 is 2.09 bits per heavy atom. The first-order valence-electron chi connectivity index (χ1n) is 6.63. The maximum Gasteiger partial charge on any atom is 0.270 e. The van der Waals surface area contributed by atoms with E-state index in [2.05, 4.69) is 20.5 Å². The highest BCUT2D eigenvalue weighted by Crippen LogP contribution is 2.15. The van der Waals surface area contributed by atoms with Crippen LogP contribution in [0, 0.1) is 10.1 Å². The lowest BCUT2D eigenvalue weighted by Gasteiger charge is -2.01. The molecule has 0 saturated heterocycles. The van der Waals surface area contributed by atoms with Crippen LogP contribution in [0.1, 0.15) is 12.5 Å². The van der Waals surface area contributed by atoms with Crippen molar-refractivity contribution in [3.05, 3.63) is 64.2 Å². The maximum absolute atomic E-state index is 10.8. The summed E-state index contributed by atoms with van der Waals surface area (Å²) in [5.41, 5.74) is 5.93. The van der Waals surface area contributed by atoms with Crippen LogP contribution in [-0.2, 0) is 0 Å². The van der Waals surface area contributed by atoms with Gasteiger partial charge in [-0.25, -0.2) is 10.4 Å². The van der Waals surface area contributed by atoms with Gasteiger partial charge in [-0.15, -0.1) is 0 Å². The number of nitrogens with one attached hydrogen (secondary N) is 2. The predicted octanol–water partition coefficient (Wildman–Crippen LogP) is 3.31. The topological polar surface area (TPSA) is 96.2 Å². The van der Waals surface area contributed by atoms with Crippen LogP contribution in [0.4, 0.5) is 11.6 Å². The molecule has 2 N–H and O–H groups in total. The molecule has 1 aromatic heterocycles. The molecule has 7 heteroatoms. The fraction of sp³-hybridized carbons (Fsp3) is 0.0667. The predicted molar refractivity (Wildman–Crippen MR) is 85.0 cm³/mol. The third-order valence-corrected chi connectivity index (χ3v) is 3.19. The molecular weight excluding hydrogens is 282 g/mol. The second-order valence-electron chi connectivity index (χ2n) is 4.72. The zero-order chi connectivity index (χ0) is 15.5. The van der Waals surface area contributed by atoms with Gasteiger partial charge in [0.1, 0.15) is 0 Å². The largest absolute Gasteiger partial charge is 0.323 e. The molecule has 0 radical (unpaired) electrons. The van der Waals surface area contributed by atoms with E-state index in [1.54, 1.807) is 19.1 Å². The van der Waals surface area contributed by atoms with Crippen molar-refractivity contribution >= 4 is 28.4 Å². The van der Waals surface area contributed by atoms with Gasteiger partial charge < -0.3 is 4.98 Å². The van der Waals surface area contributed by atoms with Crippen LogP contribution in [-0.4, -0.2) is 20.6 Å². The van der Waals surface area contributed by atoms with Crippen molar-refractivity contribution in [2.24, 2.45) is 5.10 Å². The SMILES string of the molecule is C/C(=N\Nc1nc2ccccc2[nH]1)c1cccc([N+](=O)[O-])c1. The van der Waals surface area contributed by atoms with Gasteiger partial charge in [0.15, 0.2) is 0 Å². The molecule has 0 atom stereocenters. The van der Waals surface area contributed by atoms with Crippen molar-refractivity contribution in [2.45, 2.75) is 6.92 Å². The number of hydrogen-bond donors (Lipinski definition) is 2. The highest BCUT2D eigenvalue weighted by Gasteiger charge is 2.07. The minimum absolute atomic E-state index is 0.0378. The molecular formula is C15H13N5O2. The lowest BCUT2D eigenvalue weighted by molar-refractivity contribution is -0.384. The third-order valence-electron chi connectivity index (χ3n) is 3.19. The number of hydrogen-bond acceptors (Lipinski definition) is 5. The van der Waals surface area contributed by atoms with E-state index in [0.29, 0.717) is 17.2 Å². The Hall–Kier alpha value is -3.22. The average molecular weight is 295 g/mol. The number of aromatic amines is 1. The Morgan fingerprint density at radius 1 is 1.27 bits per heavy atom. The molecule has 3 aromatic rings. The van der Waals surface area contributed by atoms with E-state index < -0.39 is 4.92 Å². The van der Waals surface area contributed by atoms with Crippen LogP contribution in [0.5, 0.6) is 0 Å². The quantitative estimate of drug-likeness (QED) is 0.438. The number of nitro benzene ring substituents is 1. The number of imidazole rings is 1. The monoisotopic (exact) mass is 295 g/mol. The summed E-state index contributed by atoms with van der Waals surface area (Å²) < 4.78 is 0. The zero-order valence-corrected chi connectivity index (χ0v) is 11.8. The van der Waals surface area contributed by atoms with Gasteiger partial charge in [-0.05, 0) is 19.1 Å². The number of nitro groups is 1. The molecule has 0 unspecified atom stereocenters. The van der Waals surface area contributed by atoms with Crippen LogP contribution < -0.4 is 5.43 Å². The van der Waals surface area contributed by atoms with E-state index >= 15 is 0 Å². The summed E-state index contributed by atoms with van der Waals surface area (Å²) in [6, 6.07) is 14.0. The number of non-ortho nitro benzene ring substituents is 1. The molecule has 0 fully saturated rings. The van der Waals surface area contributed by atoms with Gasteiger partial charge in [0, 0.05) is 17.7 Å². The third kappa shape index (κ3) is 2.78. The second kappa shape index (κ2) is 5.65. The number of rotatable bonds is 4. The molecule has 0 spiro atoms. The Morgan fingerprint density at radius 3 is 2.86 bits per heavy atom. The van der Waals surface area contributed by atoms with E-state index in [-0.39, 0.29) is 5.69 Å². The summed E-state index contributed by atoms with van der Waals surface area (Å²) in [6.07, 6.45) is 0. The van der Waals surface area contributed by atoms with Crippen molar-refractivity contribution in [1.82, 2.24) is 9.97 Å². The first-order valence-corrected chi connectivity index (χ1v) is 6.63. The lowest BCUT2D eigenvalue weighted by Crippen LogP contribution is -2.01. The molecule has 0 aliphatic heterocycles. The molecule has 0 amide bonds. The van der Waals surface area contributed by atoms with E-state index in [1.165, 1.54) is 12.1 Å². The fourth-order valence-electron chi connectivity index (χ4n) is 2.05. The molecule has 0 bridgehead atoms. The first-order chi connectivity index (χ1) is 10.6. The number of benzene rings is 2. The highest BCUT2D eigenvalue weighted by molar-refractivity contribution is 5.99. The van der Waals surface area contributed by atoms with Gasteiger partial charge in [0.25, 0.3) is 5.69 Å². The first kappa shape index (κ1) is 13.7. The molecule has 2 aromatic carbocycles. The Kier molecular flexibility index (Phi) is 3.53. The van der Waals surface area contributed by atoms with Crippen LogP contribution in [0.2, 0.25) is 0 Å². The van der Waals surface area contributed by atoms with Crippen molar-refractivity contribution < 1.29 is 4.92 Å². The van der Waals surface area contributed by atoms with Crippen molar-refractivity contribution in [1.29, 1.82) is 0 Å². The Labute approximate surface area is 125 Å². The second-order valence-corrected chi connectivity index (χ2v) is 4.72. The average Bonchev–Trinajstić information content (AvgIpc) is 2.95. The van der Waals surface area contributed by atoms with Gasteiger partial charge in [0.2, 0.25) is 5.95 Å². The number of anilines is 1. The smallest absolute Gasteiger partial charge is 0.270 e. The molecule has 7 nitrogen and oxygen atoms in total. The highest BCUT2D eigenvalue weighted by atomic mass is 16.6. The Bertz CT molecular complexity index is 836. The van der Waals surface area contributed by atoms with E-state index in [4.69, 9.17) is 0 Å². The van der Waals surface area contributed by atoms with E-state index in [9.17, 15) is 10.1 Å². The van der Waals surface area contributed by atoms with Gasteiger partial charge in [-0.2, -0.15) is 5.10 Å². The summed E-state index contributed by atoms with van der Waals surface area (Å²) in [7, 11) is 0.